The lowest BCUT2D eigenvalue weighted by Gasteiger charge is -2.36. The molecular formula is C19H22Cl2N4O2. The fourth-order valence-corrected chi connectivity index (χ4v) is 3.37. The Morgan fingerprint density at radius 3 is 2.41 bits per heavy atom. The van der Waals surface area contributed by atoms with E-state index in [0.717, 1.165) is 30.4 Å². The molecule has 1 aliphatic rings. The summed E-state index contributed by atoms with van der Waals surface area (Å²) in [6.45, 7) is 8.28. The highest BCUT2D eigenvalue weighted by atomic mass is 35.5. The Labute approximate surface area is 169 Å². The van der Waals surface area contributed by atoms with E-state index >= 15 is 0 Å². The van der Waals surface area contributed by atoms with Crippen LogP contribution in [-0.2, 0) is 4.79 Å². The third kappa shape index (κ3) is 4.82. The average Bonchev–Trinajstić information content (AvgIpc) is 2.63. The first-order chi connectivity index (χ1) is 12.8. The standard InChI is InChI=1S/C19H22Cl2N4O2/c1-12-10-18(23-14(3)22-12)24-6-8-25(9-7-24)19(26)13(2)27-15-4-5-16(20)17(21)11-15/h4-5,10-11,13H,6-9H2,1-3H3. The molecule has 0 aliphatic carbocycles. The van der Waals surface area contributed by atoms with Crippen molar-refractivity contribution in [2.24, 2.45) is 0 Å². The van der Waals surface area contributed by atoms with E-state index in [9.17, 15) is 4.79 Å². The number of hydrogen-bond acceptors (Lipinski definition) is 5. The van der Waals surface area contributed by atoms with Gasteiger partial charge in [-0.2, -0.15) is 0 Å². The smallest absolute Gasteiger partial charge is 0.263 e. The van der Waals surface area contributed by atoms with Gasteiger partial charge in [0.05, 0.1) is 10.0 Å². The van der Waals surface area contributed by atoms with Gasteiger partial charge in [0.1, 0.15) is 17.4 Å². The van der Waals surface area contributed by atoms with E-state index in [0.29, 0.717) is 28.9 Å². The summed E-state index contributed by atoms with van der Waals surface area (Å²) >= 11 is 11.9. The average molecular weight is 409 g/mol. The lowest BCUT2D eigenvalue weighted by Crippen LogP contribution is -2.52. The second-order valence-corrected chi connectivity index (χ2v) is 7.38. The molecule has 1 saturated heterocycles. The normalized spacial score (nSPS) is 15.6. The highest BCUT2D eigenvalue weighted by Crippen LogP contribution is 2.27. The number of hydrogen-bond donors (Lipinski definition) is 0. The number of piperazine rings is 1. The van der Waals surface area contributed by atoms with Crippen molar-refractivity contribution in [2.75, 3.05) is 31.1 Å². The van der Waals surface area contributed by atoms with Gasteiger partial charge < -0.3 is 14.5 Å². The molecule has 0 bridgehead atoms. The summed E-state index contributed by atoms with van der Waals surface area (Å²) in [4.78, 5) is 25.5. The highest BCUT2D eigenvalue weighted by molar-refractivity contribution is 6.42. The molecule has 1 aromatic heterocycles. The summed E-state index contributed by atoms with van der Waals surface area (Å²) in [5.41, 5.74) is 0.944. The first-order valence-electron chi connectivity index (χ1n) is 8.81. The van der Waals surface area contributed by atoms with Gasteiger partial charge in [-0.3, -0.25) is 4.79 Å². The molecule has 1 unspecified atom stereocenters. The summed E-state index contributed by atoms with van der Waals surface area (Å²) in [6.07, 6.45) is -0.600. The summed E-state index contributed by atoms with van der Waals surface area (Å²) in [7, 11) is 0. The Bertz CT molecular complexity index is 818. The summed E-state index contributed by atoms with van der Waals surface area (Å²) in [5, 5.41) is 0.854. The van der Waals surface area contributed by atoms with Crippen molar-refractivity contribution in [3.63, 3.8) is 0 Å². The second-order valence-electron chi connectivity index (χ2n) is 6.56. The molecule has 3 rings (SSSR count). The molecule has 0 radical (unpaired) electrons. The molecule has 1 fully saturated rings. The van der Waals surface area contributed by atoms with Crippen LogP contribution in [0.15, 0.2) is 24.3 Å². The zero-order chi connectivity index (χ0) is 19.6. The molecule has 2 heterocycles. The van der Waals surface area contributed by atoms with Crippen LogP contribution in [0.4, 0.5) is 5.82 Å². The van der Waals surface area contributed by atoms with Crippen LogP contribution in [0, 0.1) is 13.8 Å². The number of carbonyl (C=O) groups excluding carboxylic acids is 1. The zero-order valence-corrected chi connectivity index (χ0v) is 17.1. The van der Waals surface area contributed by atoms with Crippen molar-refractivity contribution in [1.29, 1.82) is 0 Å². The van der Waals surface area contributed by atoms with Crippen molar-refractivity contribution in [1.82, 2.24) is 14.9 Å². The minimum Gasteiger partial charge on any atom is -0.481 e. The monoisotopic (exact) mass is 408 g/mol. The van der Waals surface area contributed by atoms with E-state index < -0.39 is 6.10 Å². The topological polar surface area (TPSA) is 58.6 Å². The third-order valence-corrected chi connectivity index (χ3v) is 5.16. The molecule has 0 spiro atoms. The second kappa shape index (κ2) is 8.31. The quantitative estimate of drug-likeness (QED) is 0.774. The van der Waals surface area contributed by atoms with Crippen molar-refractivity contribution >= 4 is 34.9 Å². The van der Waals surface area contributed by atoms with Crippen LogP contribution in [0.5, 0.6) is 5.75 Å². The lowest BCUT2D eigenvalue weighted by atomic mass is 10.2. The number of nitrogens with zero attached hydrogens (tertiary/aromatic N) is 4. The van der Waals surface area contributed by atoms with E-state index in [-0.39, 0.29) is 5.91 Å². The van der Waals surface area contributed by atoms with Crippen LogP contribution < -0.4 is 9.64 Å². The fraction of sp³-hybridized carbons (Fsp3) is 0.421. The maximum atomic E-state index is 12.7. The lowest BCUT2D eigenvalue weighted by molar-refractivity contribution is -0.138. The Kier molecular flexibility index (Phi) is 6.07. The maximum absolute atomic E-state index is 12.7. The third-order valence-electron chi connectivity index (χ3n) is 4.42. The Hall–Kier alpha value is -2.05. The SMILES string of the molecule is Cc1cc(N2CCN(C(=O)C(C)Oc3ccc(Cl)c(Cl)c3)CC2)nc(C)n1. The molecule has 144 valence electrons. The van der Waals surface area contributed by atoms with Crippen molar-refractivity contribution < 1.29 is 9.53 Å². The van der Waals surface area contributed by atoms with Gasteiger partial charge in [0.15, 0.2) is 6.10 Å². The predicted octanol–water partition coefficient (Wildman–Crippen LogP) is 3.52. The predicted molar refractivity (Wildman–Crippen MR) is 107 cm³/mol. The number of amides is 1. The maximum Gasteiger partial charge on any atom is 0.263 e. The first kappa shape index (κ1) is 19.7. The summed E-state index contributed by atoms with van der Waals surface area (Å²) in [5.74, 6) is 2.14. The number of aryl methyl sites for hydroxylation is 2. The number of anilines is 1. The Morgan fingerprint density at radius 1 is 1.07 bits per heavy atom. The minimum absolute atomic E-state index is 0.0456. The van der Waals surface area contributed by atoms with E-state index in [1.807, 2.05) is 24.8 Å². The van der Waals surface area contributed by atoms with E-state index in [4.69, 9.17) is 27.9 Å². The molecule has 0 N–H and O–H groups in total. The van der Waals surface area contributed by atoms with Gasteiger partial charge in [0.2, 0.25) is 0 Å². The fourth-order valence-electron chi connectivity index (χ4n) is 3.08. The number of benzene rings is 1. The Balaban J connectivity index is 1.58. The Morgan fingerprint density at radius 2 is 1.78 bits per heavy atom. The van der Waals surface area contributed by atoms with Gasteiger partial charge in [-0.05, 0) is 32.9 Å². The van der Waals surface area contributed by atoms with Gasteiger partial charge >= 0.3 is 0 Å². The van der Waals surface area contributed by atoms with Crippen LogP contribution in [0.25, 0.3) is 0 Å². The van der Waals surface area contributed by atoms with Crippen LogP contribution in [-0.4, -0.2) is 53.1 Å². The molecule has 0 saturated carbocycles. The molecule has 1 aliphatic heterocycles. The summed E-state index contributed by atoms with van der Waals surface area (Å²) < 4.78 is 5.74. The van der Waals surface area contributed by atoms with Crippen LogP contribution in [0.2, 0.25) is 10.0 Å². The number of halogens is 2. The largest absolute Gasteiger partial charge is 0.481 e. The van der Waals surface area contributed by atoms with E-state index in [1.54, 1.807) is 25.1 Å². The number of ether oxygens (including phenoxy) is 1. The molecular weight excluding hydrogens is 387 g/mol. The number of rotatable bonds is 4. The summed E-state index contributed by atoms with van der Waals surface area (Å²) in [6, 6.07) is 6.95. The van der Waals surface area contributed by atoms with Gasteiger partial charge in [-0.25, -0.2) is 9.97 Å². The van der Waals surface area contributed by atoms with E-state index in [2.05, 4.69) is 14.9 Å². The molecule has 2 aromatic rings. The first-order valence-corrected chi connectivity index (χ1v) is 9.57. The van der Waals surface area contributed by atoms with Crippen LogP contribution in [0.3, 0.4) is 0 Å². The van der Waals surface area contributed by atoms with Gasteiger partial charge in [0, 0.05) is 44.0 Å². The van der Waals surface area contributed by atoms with Gasteiger partial charge in [-0.1, -0.05) is 23.2 Å². The molecule has 6 nitrogen and oxygen atoms in total. The molecule has 27 heavy (non-hydrogen) atoms. The number of carbonyl (C=O) groups is 1. The van der Waals surface area contributed by atoms with Crippen molar-refractivity contribution in [2.45, 2.75) is 26.9 Å². The van der Waals surface area contributed by atoms with Crippen molar-refractivity contribution in [3.8, 4) is 5.75 Å². The van der Waals surface area contributed by atoms with Crippen LogP contribution in [0.1, 0.15) is 18.4 Å². The zero-order valence-electron chi connectivity index (χ0n) is 15.6. The molecule has 1 amide bonds. The van der Waals surface area contributed by atoms with Gasteiger partial charge in [-0.15, -0.1) is 0 Å². The van der Waals surface area contributed by atoms with E-state index in [1.165, 1.54) is 0 Å². The highest BCUT2D eigenvalue weighted by Gasteiger charge is 2.26. The molecule has 8 heteroatoms. The minimum atomic E-state index is -0.600. The van der Waals surface area contributed by atoms with Gasteiger partial charge in [0.25, 0.3) is 5.91 Å². The van der Waals surface area contributed by atoms with Crippen molar-refractivity contribution in [3.05, 3.63) is 45.8 Å². The number of aromatic nitrogens is 2. The molecule has 1 aromatic carbocycles. The molecule has 1 atom stereocenters. The van der Waals surface area contributed by atoms with Crippen LogP contribution >= 0.6 is 23.2 Å².